The number of amides is 1. The molecule has 0 unspecified atom stereocenters. The highest BCUT2D eigenvalue weighted by molar-refractivity contribution is 7.12. The number of aryl methyl sites for hydroxylation is 1. The van der Waals surface area contributed by atoms with Crippen LogP contribution >= 0.6 is 11.3 Å². The first-order valence-corrected chi connectivity index (χ1v) is 8.89. The predicted molar refractivity (Wildman–Crippen MR) is 100.0 cm³/mol. The van der Waals surface area contributed by atoms with Gasteiger partial charge in [-0.1, -0.05) is 38.0 Å². The maximum absolute atomic E-state index is 11.1. The van der Waals surface area contributed by atoms with Crippen LogP contribution < -0.4 is 10.1 Å². The van der Waals surface area contributed by atoms with E-state index >= 15 is 0 Å². The van der Waals surface area contributed by atoms with Crippen molar-refractivity contribution in [1.29, 1.82) is 0 Å². The number of hydrogen-bond donors (Lipinski definition) is 1. The number of rotatable bonds is 3. The summed E-state index contributed by atoms with van der Waals surface area (Å²) < 4.78 is 1.87. The largest absolute Gasteiger partial charge is 0.326 e. The molecule has 0 spiro atoms. The Morgan fingerprint density at radius 1 is 1.25 bits per heavy atom. The highest BCUT2D eigenvalue weighted by Gasteiger charge is 2.13. The first-order valence-electron chi connectivity index (χ1n) is 8.08. The average Bonchev–Trinajstić information content (AvgIpc) is 2.89. The number of nitrogens with one attached hydrogen (secondary N) is 1. The van der Waals surface area contributed by atoms with Gasteiger partial charge in [-0.25, -0.2) is 4.68 Å². The second-order valence-electron chi connectivity index (χ2n) is 5.99. The minimum atomic E-state index is -0.0630. The monoisotopic (exact) mass is 346 g/mol. The second kappa shape index (κ2) is 8.24. The zero-order valence-corrected chi connectivity index (χ0v) is 14.4. The van der Waals surface area contributed by atoms with E-state index in [1.54, 1.807) is 11.3 Å². The molecule has 6 heteroatoms. The molecule has 0 bridgehead atoms. The van der Waals surface area contributed by atoms with Crippen molar-refractivity contribution in [3.05, 3.63) is 29.1 Å². The third-order valence-electron chi connectivity index (χ3n) is 4.03. The predicted octanol–water partition coefficient (Wildman–Crippen LogP) is 3.98. The fourth-order valence-corrected chi connectivity index (χ4v) is 3.81. The van der Waals surface area contributed by atoms with E-state index in [-0.39, 0.29) is 13.3 Å². The first kappa shape index (κ1) is 18.4. The summed E-state index contributed by atoms with van der Waals surface area (Å²) in [6, 6.07) is 8.21. The zero-order valence-electron chi connectivity index (χ0n) is 13.6. The number of aromatic nitrogens is 2. The number of carbonyl (C=O) groups excluding carboxylic acids is 1. The number of carbonyl (C=O) groups is 1. The molecule has 5 nitrogen and oxygen atoms in total. The number of nitrogens with zero attached hydrogens (tertiary/aromatic N) is 3. The summed E-state index contributed by atoms with van der Waals surface area (Å²) in [4.78, 5) is 16.9. The van der Waals surface area contributed by atoms with Crippen LogP contribution in [0.1, 0.15) is 46.5 Å². The SMILES string of the molecule is C.CC(=O)Nc1ccc(-c2nn(C)c(=NC3CCCCC3)s2)cc1. The summed E-state index contributed by atoms with van der Waals surface area (Å²) in [6.07, 6.45) is 6.30. The summed E-state index contributed by atoms with van der Waals surface area (Å²) in [6.45, 7) is 1.51. The van der Waals surface area contributed by atoms with Crippen molar-refractivity contribution in [1.82, 2.24) is 9.78 Å². The number of anilines is 1. The summed E-state index contributed by atoms with van der Waals surface area (Å²) in [5, 5.41) is 8.32. The molecule has 1 fully saturated rings. The van der Waals surface area contributed by atoms with Gasteiger partial charge in [0.1, 0.15) is 5.01 Å². The maximum atomic E-state index is 11.1. The van der Waals surface area contributed by atoms with Gasteiger partial charge in [-0.2, -0.15) is 5.10 Å². The van der Waals surface area contributed by atoms with Crippen LogP contribution in [0.4, 0.5) is 5.69 Å². The lowest BCUT2D eigenvalue weighted by molar-refractivity contribution is -0.114. The Hall–Kier alpha value is -1.95. The molecule has 1 aromatic carbocycles. The molecule has 1 N–H and O–H groups in total. The van der Waals surface area contributed by atoms with Crippen molar-refractivity contribution in [3.8, 4) is 10.6 Å². The molecule has 130 valence electrons. The molecule has 0 aliphatic heterocycles. The van der Waals surface area contributed by atoms with Crippen molar-refractivity contribution in [2.24, 2.45) is 12.0 Å². The molecule has 24 heavy (non-hydrogen) atoms. The average molecular weight is 347 g/mol. The normalized spacial score (nSPS) is 15.8. The van der Waals surface area contributed by atoms with E-state index in [9.17, 15) is 4.79 Å². The highest BCUT2D eigenvalue weighted by Crippen LogP contribution is 2.23. The molecule has 1 aliphatic rings. The molecular formula is C18H26N4OS. The van der Waals surface area contributed by atoms with E-state index < -0.39 is 0 Å². The molecule has 3 rings (SSSR count). The van der Waals surface area contributed by atoms with Crippen LogP contribution in [0, 0.1) is 0 Å². The molecule has 2 aromatic rings. The maximum Gasteiger partial charge on any atom is 0.221 e. The van der Waals surface area contributed by atoms with E-state index in [0.717, 1.165) is 21.1 Å². The summed E-state index contributed by atoms with van der Waals surface area (Å²) in [5.41, 5.74) is 1.85. The Balaban J connectivity index is 0.00000208. The van der Waals surface area contributed by atoms with Crippen molar-refractivity contribution in [3.63, 3.8) is 0 Å². The van der Waals surface area contributed by atoms with Crippen LogP contribution in [0.25, 0.3) is 10.6 Å². The lowest BCUT2D eigenvalue weighted by Crippen LogP contribution is -2.18. The third kappa shape index (κ3) is 4.54. The Kier molecular flexibility index (Phi) is 6.31. The van der Waals surface area contributed by atoms with Crippen LogP contribution in [0.3, 0.4) is 0 Å². The molecule has 1 aliphatic carbocycles. The second-order valence-corrected chi connectivity index (χ2v) is 6.95. The zero-order chi connectivity index (χ0) is 16.2. The minimum Gasteiger partial charge on any atom is -0.326 e. The van der Waals surface area contributed by atoms with Gasteiger partial charge in [0.05, 0.1) is 6.04 Å². The topological polar surface area (TPSA) is 59.3 Å². The fraction of sp³-hybridized carbons (Fsp3) is 0.500. The van der Waals surface area contributed by atoms with Crippen LogP contribution in [0.15, 0.2) is 29.3 Å². The minimum absolute atomic E-state index is 0. The van der Waals surface area contributed by atoms with Gasteiger partial charge < -0.3 is 5.32 Å². The lowest BCUT2D eigenvalue weighted by atomic mass is 9.96. The van der Waals surface area contributed by atoms with Crippen molar-refractivity contribution in [2.45, 2.75) is 52.5 Å². The van der Waals surface area contributed by atoms with Gasteiger partial charge in [-0.05, 0) is 37.1 Å². The van der Waals surface area contributed by atoms with Gasteiger partial charge in [-0.15, -0.1) is 0 Å². The van der Waals surface area contributed by atoms with Gasteiger partial charge in [0.2, 0.25) is 10.7 Å². The molecule has 0 atom stereocenters. The number of benzene rings is 1. The molecule has 1 saturated carbocycles. The van der Waals surface area contributed by atoms with E-state index in [4.69, 9.17) is 4.99 Å². The molecule has 0 radical (unpaired) electrons. The molecular weight excluding hydrogens is 320 g/mol. The van der Waals surface area contributed by atoms with Crippen molar-refractivity contribution >= 4 is 22.9 Å². The van der Waals surface area contributed by atoms with Gasteiger partial charge >= 0.3 is 0 Å². The Bertz CT molecular complexity index is 739. The van der Waals surface area contributed by atoms with Gasteiger partial charge in [0.25, 0.3) is 0 Å². The Morgan fingerprint density at radius 3 is 2.54 bits per heavy atom. The van der Waals surface area contributed by atoms with E-state index in [0.29, 0.717) is 6.04 Å². The van der Waals surface area contributed by atoms with Crippen LogP contribution in [0.5, 0.6) is 0 Å². The van der Waals surface area contributed by atoms with Crippen molar-refractivity contribution in [2.75, 3.05) is 5.32 Å². The molecule has 1 aromatic heterocycles. The van der Waals surface area contributed by atoms with E-state index in [2.05, 4.69) is 10.4 Å². The Morgan fingerprint density at radius 2 is 1.92 bits per heavy atom. The first-order chi connectivity index (χ1) is 11.1. The van der Waals surface area contributed by atoms with Crippen LogP contribution in [0.2, 0.25) is 0 Å². The van der Waals surface area contributed by atoms with Crippen molar-refractivity contribution < 1.29 is 4.79 Å². The van der Waals surface area contributed by atoms with E-state index in [1.807, 2.05) is 36.0 Å². The quantitative estimate of drug-likeness (QED) is 0.914. The third-order valence-corrected chi connectivity index (χ3v) is 5.09. The fourth-order valence-electron chi connectivity index (χ4n) is 2.84. The summed E-state index contributed by atoms with van der Waals surface area (Å²) in [5.74, 6) is -0.0630. The molecule has 1 amide bonds. The number of hydrogen-bond acceptors (Lipinski definition) is 4. The van der Waals surface area contributed by atoms with Gasteiger partial charge in [0.15, 0.2) is 0 Å². The Labute approximate surface area is 147 Å². The van der Waals surface area contributed by atoms with Gasteiger partial charge in [0, 0.05) is 25.2 Å². The van der Waals surface area contributed by atoms with Crippen LogP contribution in [-0.4, -0.2) is 21.7 Å². The van der Waals surface area contributed by atoms with E-state index in [1.165, 1.54) is 39.0 Å². The summed E-state index contributed by atoms with van der Waals surface area (Å²) in [7, 11) is 1.95. The molecule has 1 heterocycles. The molecule has 0 saturated heterocycles. The van der Waals surface area contributed by atoms with Crippen LogP contribution in [-0.2, 0) is 11.8 Å². The smallest absolute Gasteiger partial charge is 0.221 e. The van der Waals surface area contributed by atoms with Gasteiger partial charge in [-0.3, -0.25) is 9.79 Å². The highest BCUT2D eigenvalue weighted by atomic mass is 32.1. The standard InChI is InChI=1S/C17H22N4OS.CH4/c1-12(22)18-15-10-8-13(9-11-15)16-20-21(2)17(23-16)19-14-6-4-3-5-7-14;/h8-11,14H,3-7H2,1-2H3,(H,18,22);1H4. The summed E-state index contributed by atoms with van der Waals surface area (Å²) >= 11 is 1.62. The lowest BCUT2D eigenvalue weighted by Gasteiger charge is -2.16.